The third-order valence-electron chi connectivity index (χ3n) is 5.60. The molecule has 2 N–H and O–H groups in total. The summed E-state index contributed by atoms with van der Waals surface area (Å²) in [5.74, 6) is 2.45. The van der Waals surface area contributed by atoms with E-state index in [1.54, 1.807) is 0 Å². The molecule has 0 aromatic heterocycles. The summed E-state index contributed by atoms with van der Waals surface area (Å²) in [6.07, 6.45) is 8.18. The number of hydrogen-bond donors (Lipinski definition) is 1. The lowest BCUT2D eigenvalue weighted by molar-refractivity contribution is -0.00915. The highest BCUT2D eigenvalue weighted by atomic mass is 15.3. The summed E-state index contributed by atoms with van der Waals surface area (Å²) in [6, 6.07) is 0.846. The van der Waals surface area contributed by atoms with Crippen molar-refractivity contribution in [2.24, 2.45) is 23.5 Å². The first kappa shape index (κ1) is 15.3. The van der Waals surface area contributed by atoms with Crippen LogP contribution in [0.5, 0.6) is 0 Å². The van der Waals surface area contributed by atoms with Gasteiger partial charge in [0.1, 0.15) is 0 Å². The molecule has 0 radical (unpaired) electrons. The molecule has 0 saturated heterocycles. The van der Waals surface area contributed by atoms with Crippen molar-refractivity contribution in [3.05, 3.63) is 0 Å². The van der Waals surface area contributed by atoms with Gasteiger partial charge in [0.15, 0.2) is 0 Å². The molecule has 2 rings (SSSR count). The number of hydrogen-bond acceptors (Lipinski definition) is 2. The molecule has 0 aliphatic heterocycles. The fourth-order valence-corrected chi connectivity index (χ4v) is 4.08. The fraction of sp³-hybridized carbons (Fsp3) is 1.00. The van der Waals surface area contributed by atoms with Crippen LogP contribution in [0.1, 0.15) is 66.2 Å². The smallest absolute Gasteiger partial charge is 0.0360 e. The quantitative estimate of drug-likeness (QED) is 0.795. The third kappa shape index (κ3) is 3.33. The Hall–Kier alpha value is -0.0800. The molecule has 3 unspecified atom stereocenters. The monoisotopic (exact) mass is 266 g/mol. The molecular weight excluding hydrogens is 232 g/mol. The van der Waals surface area contributed by atoms with Crippen LogP contribution in [0.3, 0.4) is 0 Å². The summed E-state index contributed by atoms with van der Waals surface area (Å²) in [5.41, 5.74) is 6.61. The Kier molecular flexibility index (Phi) is 4.94. The van der Waals surface area contributed by atoms with E-state index >= 15 is 0 Å². The summed E-state index contributed by atoms with van der Waals surface area (Å²) in [4.78, 5) is 2.84. The van der Waals surface area contributed by atoms with Crippen molar-refractivity contribution in [2.75, 3.05) is 13.1 Å². The first-order valence-electron chi connectivity index (χ1n) is 8.46. The molecular formula is C17H34N2. The van der Waals surface area contributed by atoms with Gasteiger partial charge in [-0.1, -0.05) is 27.7 Å². The highest BCUT2D eigenvalue weighted by Crippen LogP contribution is 2.45. The minimum absolute atomic E-state index is 0.308. The Bertz CT molecular complexity index is 285. The van der Waals surface area contributed by atoms with Crippen LogP contribution in [0.4, 0.5) is 0 Å². The van der Waals surface area contributed by atoms with E-state index < -0.39 is 0 Å². The Balaban J connectivity index is 2.11. The maximum absolute atomic E-state index is 6.31. The van der Waals surface area contributed by atoms with Gasteiger partial charge >= 0.3 is 0 Å². The standard InChI is InChI=1S/C17H34N2/c1-13(2)8-10-19(16-5-6-16)17(12-18)9-7-14(3)11-15(17)4/h13-16H,5-12,18H2,1-4H3. The average Bonchev–Trinajstić information content (AvgIpc) is 3.16. The molecule has 0 amide bonds. The van der Waals surface area contributed by atoms with Crippen LogP contribution in [-0.4, -0.2) is 29.6 Å². The Morgan fingerprint density at radius 2 is 1.89 bits per heavy atom. The Morgan fingerprint density at radius 1 is 1.21 bits per heavy atom. The van der Waals surface area contributed by atoms with Crippen LogP contribution in [0.2, 0.25) is 0 Å². The largest absolute Gasteiger partial charge is 0.329 e. The number of nitrogens with zero attached hydrogens (tertiary/aromatic N) is 1. The molecule has 2 heteroatoms. The predicted molar refractivity (Wildman–Crippen MR) is 83.1 cm³/mol. The first-order chi connectivity index (χ1) is 8.99. The molecule has 0 bridgehead atoms. The summed E-state index contributed by atoms with van der Waals surface area (Å²) in [7, 11) is 0. The van der Waals surface area contributed by atoms with E-state index in [-0.39, 0.29) is 0 Å². The molecule has 0 heterocycles. The van der Waals surface area contributed by atoms with Crippen molar-refractivity contribution in [3.63, 3.8) is 0 Å². The molecule has 0 aromatic carbocycles. The van der Waals surface area contributed by atoms with Crippen molar-refractivity contribution in [1.82, 2.24) is 4.90 Å². The fourth-order valence-electron chi connectivity index (χ4n) is 4.08. The summed E-state index contributed by atoms with van der Waals surface area (Å²) in [5, 5.41) is 0. The average molecular weight is 266 g/mol. The van der Waals surface area contributed by atoms with Crippen LogP contribution in [-0.2, 0) is 0 Å². The van der Waals surface area contributed by atoms with Crippen molar-refractivity contribution in [1.29, 1.82) is 0 Å². The zero-order valence-electron chi connectivity index (χ0n) is 13.5. The van der Waals surface area contributed by atoms with E-state index in [4.69, 9.17) is 5.73 Å². The second-order valence-electron chi connectivity index (χ2n) is 7.70. The molecule has 2 aliphatic rings. The van der Waals surface area contributed by atoms with Gasteiger partial charge in [0.05, 0.1) is 0 Å². The maximum Gasteiger partial charge on any atom is 0.0360 e. The Morgan fingerprint density at radius 3 is 2.37 bits per heavy atom. The SMILES string of the molecule is CC(C)CCN(C1CC1)C1(CN)CCC(C)CC1C. The van der Waals surface area contributed by atoms with E-state index in [9.17, 15) is 0 Å². The lowest BCUT2D eigenvalue weighted by atomic mass is 9.68. The second-order valence-corrected chi connectivity index (χ2v) is 7.70. The first-order valence-corrected chi connectivity index (χ1v) is 8.46. The Labute approximate surface area is 120 Å². The molecule has 3 atom stereocenters. The predicted octanol–water partition coefficient (Wildman–Crippen LogP) is 3.65. The molecule has 0 aromatic rings. The van der Waals surface area contributed by atoms with E-state index in [2.05, 4.69) is 32.6 Å². The molecule has 2 nitrogen and oxygen atoms in total. The normalized spacial score (nSPS) is 36.2. The number of rotatable bonds is 6. The van der Waals surface area contributed by atoms with Crippen LogP contribution in [0.25, 0.3) is 0 Å². The van der Waals surface area contributed by atoms with Gasteiger partial charge in [0, 0.05) is 18.1 Å². The van der Waals surface area contributed by atoms with Gasteiger partial charge < -0.3 is 5.73 Å². The summed E-state index contributed by atoms with van der Waals surface area (Å²) >= 11 is 0. The van der Waals surface area contributed by atoms with E-state index in [1.165, 1.54) is 45.1 Å². The zero-order valence-corrected chi connectivity index (χ0v) is 13.5. The van der Waals surface area contributed by atoms with E-state index in [0.29, 0.717) is 5.54 Å². The highest BCUT2D eigenvalue weighted by molar-refractivity contribution is 5.04. The zero-order chi connectivity index (χ0) is 14.0. The molecule has 2 saturated carbocycles. The van der Waals surface area contributed by atoms with Crippen LogP contribution < -0.4 is 5.73 Å². The van der Waals surface area contributed by atoms with Crippen molar-refractivity contribution >= 4 is 0 Å². The molecule has 2 aliphatic carbocycles. The highest BCUT2D eigenvalue weighted by Gasteiger charge is 2.48. The van der Waals surface area contributed by atoms with Gasteiger partial charge in [-0.15, -0.1) is 0 Å². The number of nitrogens with two attached hydrogens (primary N) is 1. The summed E-state index contributed by atoms with van der Waals surface area (Å²) in [6.45, 7) is 11.7. The van der Waals surface area contributed by atoms with E-state index in [1.807, 2.05) is 0 Å². The van der Waals surface area contributed by atoms with Gasteiger partial charge in [-0.3, -0.25) is 4.90 Å². The van der Waals surface area contributed by atoms with Gasteiger partial charge in [-0.05, 0) is 62.8 Å². The minimum atomic E-state index is 0.308. The third-order valence-corrected chi connectivity index (χ3v) is 5.60. The molecule has 19 heavy (non-hydrogen) atoms. The second kappa shape index (κ2) is 6.13. The van der Waals surface area contributed by atoms with Crippen molar-refractivity contribution in [2.45, 2.75) is 77.8 Å². The lowest BCUT2D eigenvalue weighted by Gasteiger charge is -2.52. The van der Waals surface area contributed by atoms with Gasteiger partial charge in [-0.2, -0.15) is 0 Å². The van der Waals surface area contributed by atoms with Gasteiger partial charge in [0.2, 0.25) is 0 Å². The van der Waals surface area contributed by atoms with Gasteiger partial charge in [0.25, 0.3) is 0 Å². The van der Waals surface area contributed by atoms with Crippen molar-refractivity contribution in [3.8, 4) is 0 Å². The van der Waals surface area contributed by atoms with Crippen molar-refractivity contribution < 1.29 is 0 Å². The van der Waals surface area contributed by atoms with Crippen LogP contribution in [0.15, 0.2) is 0 Å². The summed E-state index contributed by atoms with van der Waals surface area (Å²) < 4.78 is 0. The topological polar surface area (TPSA) is 29.3 Å². The maximum atomic E-state index is 6.31. The van der Waals surface area contributed by atoms with Crippen LogP contribution >= 0.6 is 0 Å². The molecule has 2 fully saturated rings. The van der Waals surface area contributed by atoms with Crippen LogP contribution in [0, 0.1) is 17.8 Å². The molecule has 0 spiro atoms. The van der Waals surface area contributed by atoms with Gasteiger partial charge in [-0.25, -0.2) is 0 Å². The molecule has 112 valence electrons. The lowest BCUT2D eigenvalue weighted by Crippen LogP contribution is -2.61. The van der Waals surface area contributed by atoms with E-state index in [0.717, 1.165) is 30.3 Å². The minimum Gasteiger partial charge on any atom is -0.329 e.